The van der Waals surface area contributed by atoms with E-state index in [-0.39, 0.29) is 31.1 Å². The Hall–Kier alpha value is -2.63. The van der Waals surface area contributed by atoms with Crippen molar-refractivity contribution in [3.8, 4) is 0 Å². The number of hydrogen-bond donors (Lipinski definition) is 0. The molecule has 0 bridgehead atoms. The third-order valence-corrected chi connectivity index (χ3v) is 16.8. The van der Waals surface area contributed by atoms with Crippen molar-refractivity contribution in [1.29, 1.82) is 0 Å². The van der Waals surface area contributed by atoms with Crippen LogP contribution in [0.1, 0.15) is 406 Å². The van der Waals surface area contributed by atoms with Crippen molar-refractivity contribution in [2.75, 3.05) is 13.2 Å². The van der Waals surface area contributed by atoms with Gasteiger partial charge in [0.15, 0.2) is 6.10 Å². The fourth-order valence-electron chi connectivity index (χ4n) is 11.2. The lowest BCUT2D eigenvalue weighted by atomic mass is 10.0. The molecule has 0 spiro atoms. The van der Waals surface area contributed by atoms with Crippen molar-refractivity contribution in [1.82, 2.24) is 0 Å². The number of unbranched alkanes of at least 4 members (excludes halogenated alkanes) is 50. The van der Waals surface area contributed by atoms with Gasteiger partial charge in [-0.15, -0.1) is 0 Å². The zero-order valence-corrected chi connectivity index (χ0v) is 56.0. The summed E-state index contributed by atoms with van der Waals surface area (Å²) in [5.41, 5.74) is 0. The molecule has 0 aliphatic heterocycles. The van der Waals surface area contributed by atoms with Crippen LogP contribution in [-0.2, 0) is 28.6 Å². The summed E-state index contributed by atoms with van der Waals surface area (Å²) in [5.74, 6) is -0.866. The Morgan fingerprint density at radius 2 is 0.434 bits per heavy atom. The molecule has 0 aliphatic carbocycles. The van der Waals surface area contributed by atoms with E-state index in [0.29, 0.717) is 19.3 Å². The number of rotatable bonds is 69. The fraction of sp³-hybridized carbons (Fsp3) is 0.857. The van der Waals surface area contributed by atoms with Crippen LogP contribution in [0.4, 0.5) is 0 Å². The monoisotopic (exact) mass is 1160 g/mol. The van der Waals surface area contributed by atoms with E-state index in [2.05, 4.69) is 69.4 Å². The zero-order chi connectivity index (χ0) is 59.9. The maximum absolute atomic E-state index is 12.9. The second-order valence-corrected chi connectivity index (χ2v) is 25.2. The topological polar surface area (TPSA) is 78.9 Å². The lowest BCUT2D eigenvalue weighted by molar-refractivity contribution is -0.167. The van der Waals surface area contributed by atoms with Gasteiger partial charge in [-0.3, -0.25) is 14.4 Å². The minimum Gasteiger partial charge on any atom is -0.462 e. The molecule has 83 heavy (non-hydrogen) atoms. The molecule has 0 saturated carbocycles. The first kappa shape index (κ1) is 80.4. The van der Waals surface area contributed by atoms with E-state index in [1.54, 1.807) is 0 Å². The number of allylic oxidation sites excluding steroid dienone is 8. The smallest absolute Gasteiger partial charge is 0.306 e. The molecule has 0 aromatic rings. The van der Waals surface area contributed by atoms with E-state index >= 15 is 0 Å². The number of ether oxygens (including phenoxy) is 3. The standard InChI is InChI=1S/C77H142O6/c1-4-7-10-13-16-19-22-25-28-30-31-32-33-34-35-36-37-38-39-40-41-42-43-44-45-47-49-52-55-58-61-64-67-70-76(79)82-73-74(72-81-75(78)69-66-63-60-57-54-51-48-27-24-21-18-15-12-9-6-3)83-77(80)71-68-65-62-59-56-53-50-46-29-26-23-20-17-14-11-8-5-2/h17,20,26-27,29-31,48,74H,4-16,18-19,21-25,28,32-47,49-73H2,1-3H3/b20-17-,29-26-,31-30-,48-27-. The molecule has 0 aliphatic rings. The molecule has 0 amide bonds. The van der Waals surface area contributed by atoms with Crippen molar-refractivity contribution in [3.63, 3.8) is 0 Å². The summed E-state index contributed by atoms with van der Waals surface area (Å²) in [7, 11) is 0. The molecule has 6 nitrogen and oxygen atoms in total. The minimum absolute atomic E-state index is 0.0749. The maximum Gasteiger partial charge on any atom is 0.306 e. The average Bonchev–Trinajstić information content (AvgIpc) is 3.49. The summed E-state index contributed by atoms with van der Waals surface area (Å²) in [6.45, 7) is 6.66. The lowest BCUT2D eigenvalue weighted by Crippen LogP contribution is -2.30. The fourth-order valence-corrected chi connectivity index (χ4v) is 11.2. The van der Waals surface area contributed by atoms with Crippen LogP contribution in [0.2, 0.25) is 0 Å². The average molecular weight is 1160 g/mol. The summed E-state index contributed by atoms with van der Waals surface area (Å²) in [6, 6.07) is 0. The predicted octanol–water partition coefficient (Wildman–Crippen LogP) is 25.7. The number of carbonyl (C=O) groups is 3. The van der Waals surface area contributed by atoms with Crippen molar-refractivity contribution in [3.05, 3.63) is 48.6 Å². The molecule has 0 fully saturated rings. The quantitative estimate of drug-likeness (QED) is 0.0261. The van der Waals surface area contributed by atoms with Crippen LogP contribution >= 0.6 is 0 Å². The number of hydrogen-bond acceptors (Lipinski definition) is 6. The van der Waals surface area contributed by atoms with Crippen molar-refractivity contribution in [2.24, 2.45) is 0 Å². The van der Waals surface area contributed by atoms with Crippen LogP contribution in [0.15, 0.2) is 48.6 Å². The van der Waals surface area contributed by atoms with Gasteiger partial charge in [-0.2, -0.15) is 0 Å². The van der Waals surface area contributed by atoms with Crippen LogP contribution < -0.4 is 0 Å². The molecule has 6 heteroatoms. The molecule has 0 aromatic carbocycles. The number of carbonyl (C=O) groups excluding carboxylic acids is 3. The highest BCUT2D eigenvalue weighted by molar-refractivity contribution is 5.71. The van der Waals surface area contributed by atoms with Crippen molar-refractivity contribution in [2.45, 2.75) is 412 Å². The summed E-state index contributed by atoms with van der Waals surface area (Å²) in [4.78, 5) is 38.4. The van der Waals surface area contributed by atoms with Gasteiger partial charge in [0.25, 0.3) is 0 Å². The lowest BCUT2D eigenvalue weighted by Gasteiger charge is -2.18. The second kappa shape index (κ2) is 71.8. The Labute approximate surface area is 518 Å². The highest BCUT2D eigenvalue weighted by atomic mass is 16.6. The van der Waals surface area contributed by atoms with Crippen LogP contribution in [0, 0.1) is 0 Å². The van der Waals surface area contributed by atoms with Gasteiger partial charge in [0.05, 0.1) is 0 Å². The van der Waals surface area contributed by atoms with E-state index in [4.69, 9.17) is 14.2 Å². The van der Waals surface area contributed by atoms with Crippen molar-refractivity contribution >= 4 is 17.9 Å². The second-order valence-electron chi connectivity index (χ2n) is 25.2. The third kappa shape index (κ3) is 70.0. The highest BCUT2D eigenvalue weighted by Crippen LogP contribution is 2.18. The van der Waals surface area contributed by atoms with Gasteiger partial charge >= 0.3 is 17.9 Å². The van der Waals surface area contributed by atoms with Gasteiger partial charge in [0.2, 0.25) is 0 Å². The largest absolute Gasteiger partial charge is 0.462 e. The normalized spacial score (nSPS) is 12.3. The first-order valence-corrected chi connectivity index (χ1v) is 37.1. The Morgan fingerprint density at radius 3 is 0.699 bits per heavy atom. The van der Waals surface area contributed by atoms with E-state index in [9.17, 15) is 14.4 Å². The molecule has 1 atom stereocenters. The first-order chi connectivity index (χ1) is 41.0. The molecule has 0 radical (unpaired) electrons. The third-order valence-electron chi connectivity index (χ3n) is 16.8. The van der Waals surface area contributed by atoms with Crippen LogP contribution in [-0.4, -0.2) is 37.2 Å². The molecular formula is C77H142O6. The highest BCUT2D eigenvalue weighted by Gasteiger charge is 2.19. The zero-order valence-electron chi connectivity index (χ0n) is 56.0. The van der Waals surface area contributed by atoms with Gasteiger partial charge < -0.3 is 14.2 Å². The summed E-state index contributed by atoms with van der Waals surface area (Å²) in [6.07, 6.45) is 91.6. The van der Waals surface area contributed by atoms with Crippen LogP contribution in [0.5, 0.6) is 0 Å². The summed E-state index contributed by atoms with van der Waals surface area (Å²) in [5, 5.41) is 0. The van der Waals surface area contributed by atoms with Crippen LogP contribution in [0.25, 0.3) is 0 Å². The molecule has 0 aromatic heterocycles. The molecule has 0 heterocycles. The van der Waals surface area contributed by atoms with Gasteiger partial charge in [-0.25, -0.2) is 0 Å². The molecule has 486 valence electrons. The predicted molar refractivity (Wildman–Crippen MR) is 362 cm³/mol. The Morgan fingerprint density at radius 1 is 0.241 bits per heavy atom. The Bertz CT molecular complexity index is 1430. The Kier molecular flexibility index (Phi) is 69.6. The van der Waals surface area contributed by atoms with Crippen molar-refractivity contribution < 1.29 is 28.6 Å². The molecular weight excluding hydrogens is 1020 g/mol. The van der Waals surface area contributed by atoms with E-state index in [0.717, 1.165) is 77.0 Å². The number of esters is 3. The maximum atomic E-state index is 12.9. The molecule has 1 unspecified atom stereocenters. The van der Waals surface area contributed by atoms with E-state index < -0.39 is 6.10 Å². The van der Waals surface area contributed by atoms with Gasteiger partial charge in [0, 0.05) is 19.3 Å². The van der Waals surface area contributed by atoms with Gasteiger partial charge in [-0.05, 0) is 103 Å². The van der Waals surface area contributed by atoms with Crippen LogP contribution in [0.3, 0.4) is 0 Å². The molecule has 0 saturated heterocycles. The van der Waals surface area contributed by atoms with E-state index in [1.165, 1.54) is 289 Å². The minimum atomic E-state index is -0.780. The summed E-state index contributed by atoms with van der Waals surface area (Å²) >= 11 is 0. The SMILES string of the molecule is CCCCC/C=C\C/C=C\CCCCCCCCCC(=O)OC(COC(=O)CCCCCCC/C=C\CCCCCCCC)COC(=O)CCCCCCCCCCCCCCCCCCCCCCC/C=C\CCCCCCCCCC. The van der Waals surface area contributed by atoms with E-state index in [1.807, 2.05) is 0 Å². The summed E-state index contributed by atoms with van der Waals surface area (Å²) < 4.78 is 17.0. The Balaban J connectivity index is 4.15. The molecule has 0 N–H and O–H groups in total. The van der Waals surface area contributed by atoms with Gasteiger partial charge in [-0.1, -0.05) is 333 Å². The van der Waals surface area contributed by atoms with Gasteiger partial charge in [0.1, 0.15) is 13.2 Å². The first-order valence-electron chi connectivity index (χ1n) is 37.1. The molecule has 0 rings (SSSR count).